The molecule has 0 fully saturated rings. The summed E-state index contributed by atoms with van der Waals surface area (Å²) in [6.45, 7) is 5.83. The highest BCUT2D eigenvalue weighted by molar-refractivity contribution is 6.14. The summed E-state index contributed by atoms with van der Waals surface area (Å²) >= 11 is 0. The maximum absolute atomic E-state index is 10.3. The lowest BCUT2D eigenvalue weighted by Crippen LogP contribution is -2.26. The highest BCUT2D eigenvalue weighted by Gasteiger charge is 2.29. The Morgan fingerprint density at radius 3 is 3.00 bits per heavy atom. The fourth-order valence-corrected chi connectivity index (χ4v) is 2.42. The van der Waals surface area contributed by atoms with E-state index in [-0.39, 0.29) is 0 Å². The molecule has 0 spiro atoms. The van der Waals surface area contributed by atoms with E-state index in [9.17, 15) is 5.11 Å². The molecule has 1 aromatic rings. The van der Waals surface area contributed by atoms with Crippen molar-refractivity contribution in [3.05, 3.63) is 41.5 Å². The van der Waals surface area contributed by atoms with Crippen molar-refractivity contribution in [3.8, 4) is 0 Å². The number of rotatable bonds is 2. The topological polar surface area (TPSA) is 20.2 Å². The van der Waals surface area contributed by atoms with E-state index >= 15 is 0 Å². The van der Waals surface area contributed by atoms with Gasteiger partial charge in [0.1, 0.15) is 0 Å². The van der Waals surface area contributed by atoms with E-state index in [4.69, 9.17) is 7.85 Å². The maximum atomic E-state index is 10.3. The highest BCUT2D eigenvalue weighted by atomic mass is 16.3. The predicted molar refractivity (Wildman–Crippen MR) is 68.5 cm³/mol. The first-order chi connectivity index (χ1) is 7.54. The minimum Gasteiger partial charge on any atom is -0.385 e. The van der Waals surface area contributed by atoms with Gasteiger partial charge in [0.25, 0.3) is 0 Å². The first-order valence-electron chi connectivity index (χ1n) is 5.78. The van der Waals surface area contributed by atoms with E-state index in [0.717, 1.165) is 36.0 Å². The summed E-state index contributed by atoms with van der Waals surface area (Å²) < 4.78 is 0. The Morgan fingerprint density at radius 2 is 2.31 bits per heavy atom. The molecule has 82 valence electrons. The fraction of sp³-hybridized carbons (Fsp3) is 0.429. The van der Waals surface area contributed by atoms with Gasteiger partial charge in [-0.05, 0) is 42.9 Å². The van der Waals surface area contributed by atoms with E-state index < -0.39 is 5.60 Å². The van der Waals surface area contributed by atoms with Gasteiger partial charge >= 0.3 is 0 Å². The third kappa shape index (κ3) is 1.94. The van der Waals surface area contributed by atoms with Crippen molar-refractivity contribution >= 4 is 13.4 Å². The van der Waals surface area contributed by atoms with Crippen LogP contribution >= 0.6 is 0 Å². The number of allylic oxidation sites excluding steroid dienone is 1. The van der Waals surface area contributed by atoms with Crippen molar-refractivity contribution in [2.75, 3.05) is 0 Å². The van der Waals surface area contributed by atoms with E-state index in [1.54, 1.807) is 0 Å². The summed E-state index contributed by atoms with van der Waals surface area (Å²) in [5, 5.41) is 10.3. The number of fused-ring (bicyclic) bond motifs is 1. The fourth-order valence-electron chi connectivity index (χ4n) is 2.42. The van der Waals surface area contributed by atoms with Gasteiger partial charge in [0, 0.05) is 0 Å². The number of aliphatic hydroxyl groups is 1. The van der Waals surface area contributed by atoms with Crippen molar-refractivity contribution in [2.45, 2.75) is 38.1 Å². The van der Waals surface area contributed by atoms with Gasteiger partial charge in [-0.15, -0.1) is 0 Å². The predicted octanol–water partition coefficient (Wildman–Crippen LogP) is 2.83. The van der Waals surface area contributed by atoms with E-state index in [2.05, 4.69) is 12.6 Å². The van der Waals surface area contributed by atoms with Crippen molar-refractivity contribution in [2.24, 2.45) is 0 Å². The molecule has 1 unspecified atom stereocenters. The second-order valence-electron chi connectivity index (χ2n) is 4.81. The molecule has 1 aliphatic carbocycles. The van der Waals surface area contributed by atoms with Crippen LogP contribution in [0.1, 0.15) is 36.5 Å². The molecule has 1 nitrogen and oxygen atoms in total. The molecule has 1 aliphatic rings. The molecule has 0 saturated carbocycles. The molecule has 0 amide bonds. The molecule has 16 heavy (non-hydrogen) atoms. The van der Waals surface area contributed by atoms with Gasteiger partial charge in [-0.1, -0.05) is 36.7 Å². The number of hydrogen-bond donors (Lipinski definition) is 1. The normalized spacial score (nSPS) is 23.9. The largest absolute Gasteiger partial charge is 0.385 e. The van der Waals surface area contributed by atoms with Crippen LogP contribution < -0.4 is 0 Å². The zero-order valence-corrected chi connectivity index (χ0v) is 9.79. The Labute approximate surface area is 98.6 Å². The lowest BCUT2D eigenvalue weighted by molar-refractivity contribution is 0.0387. The summed E-state index contributed by atoms with van der Waals surface area (Å²) in [5.41, 5.74) is 3.68. The summed E-state index contributed by atoms with van der Waals surface area (Å²) in [5.74, 6) is 0. The lowest BCUT2D eigenvalue weighted by atomic mass is 9.79. The first kappa shape index (κ1) is 11.5. The molecule has 0 saturated heterocycles. The van der Waals surface area contributed by atoms with Gasteiger partial charge in [-0.3, -0.25) is 0 Å². The molecule has 0 bridgehead atoms. The Bertz CT molecular complexity index is 421. The average molecular weight is 212 g/mol. The Morgan fingerprint density at radius 1 is 1.56 bits per heavy atom. The third-order valence-corrected chi connectivity index (χ3v) is 3.45. The number of benzene rings is 1. The van der Waals surface area contributed by atoms with Crippen LogP contribution in [0.2, 0.25) is 6.32 Å². The minimum atomic E-state index is -0.670. The molecular formula is C14H17BO. The highest BCUT2D eigenvalue weighted by Crippen LogP contribution is 2.36. The molecule has 1 atom stereocenters. The molecule has 0 aromatic heterocycles. The van der Waals surface area contributed by atoms with Gasteiger partial charge in [-0.25, -0.2) is 0 Å². The van der Waals surface area contributed by atoms with Crippen molar-refractivity contribution in [3.63, 3.8) is 0 Å². The van der Waals surface area contributed by atoms with Crippen LogP contribution in [0.25, 0.3) is 5.57 Å². The van der Waals surface area contributed by atoms with E-state index in [1.807, 2.05) is 19.1 Å². The Hall–Kier alpha value is -1.02. The lowest BCUT2D eigenvalue weighted by Gasteiger charge is -2.31. The standard InChI is InChI=1S/C14H17BO/c1-10(9-15)11-5-6-13-12(8-11)4-3-7-14(13,2)16/h5-6,8,16H,1,3-4,7,9H2,2H3. The quantitative estimate of drug-likeness (QED) is 0.747. The summed E-state index contributed by atoms with van der Waals surface area (Å²) in [6, 6.07) is 6.15. The Balaban J connectivity index is 2.43. The SMILES string of the molecule is [B]CC(=C)c1ccc2c(c1)CCCC2(C)O. The van der Waals surface area contributed by atoms with Gasteiger partial charge in [0.05, 0.1) is 13.4 Å². The number of aryl methyl sites for hydroxylation is 1. The van der Waals surface area contributed by atoms with Gasteiger partial charge in [0.15, 0.2) is 0 Å². The molecule has 2 heteroatoms. The Kier molecular flexibility index (Phi) is 2.94. The molecule has 0 heterocycles. The average Bonchev–Trinajstić information content (AvgIpc) is 2.27. The van der Waals surface area contributed by atoms with Crippen molar-refractivity contribution < 1.29 is 5.11 Å². The molecule has 2 rings (SSSR count). The third-order valence-electron chi connectivity index (χ3n) is 3.45. The van der Waals surface area contributed by atoms with Crippen LogP contribution in [0.15, 0.2) is 24.8 Å². The summed E-state index contributed by atoms with van der Waals surface area (Å²) in [6.07, 6.45) is 3.40. The van der Waals surface area contributed by atoms with E-state index in [1.165, 1.54) is 5.56 Å². The second-order valence-corrected chi connectivity index (χ2v) is 4.81. The monoisotopic (exact) mass is 212 g/mol. The van der Waals surface area contributed by atoms with Gasteiger partial charge in [0.2, 0.25) is 0 Å². The number of hydrogen-bond acceptors (Lipinski definition) is 1. The van der Waals surface area contributed by atoms with Crippen LogP contribution in [0.4, 0.5) is 0 Å². The molecular weight excluding hydrogens is 195 g/mol. The molecule has 1 aromatic carbocycles. The maximum Gasteiger partial charge on any atom is 0.0871 e. The van der Waals surface area contributed by atoms with Gasteiger partial charge < -0.3 is 5.11 Å². The van der Waals surface area contributed by atoms with Crippen LogP contribution in [0, 0.1) is 0 Å². The summed E-state index contributed by atoms with van der Waals surface area (Å²) in [7, 11) is 5.58. The van der Waals surface area contributed by atoms with Crippen LogP contribution in [-0.4, -0.2) is 13.0 Å². The first-order valence-corrected chi connectivity index (χ1v) is 5.78. The zero-order valence-electron chi connectivity index (χ0n) is 9.79. The van der Waals surface area contributed by atoms with Crippen LogP contribution in [-0.2, 0) is 12.0 Å². The molecule has 0 aliphatic heterocycles. The van der Waals surface area contributed by atoms with Crippen LogP contribution in [0.5, 0.6) is 0 Å². The van der Waals surface area contributed by atoms with Gasteiger partial charge in [-0.2, -0.15) is 0 Å². The van der Waals surface area contributed by atoms with E-state index in [0.29, 0.717) is 6.32 Å². The van der Waals surface area contributed by atoms with Crippen LogP contribution in [0.3, 0.4) is 0 Å². The second kappa shape index (κ2) is 4.10. The molecule has 1 N–H and O–H groups in total. The zero-order chi connectivity index (χ0) is 11.8. The minimum absolute atomic E-state index is 0.481. The van der Waals surface area contributed by atoms with Crippen molar-refractivity contribution in [1.82, 2.24) is 0 Å². The summed E-state index contributed by atoms with van der Waals surface area (Å²) in [4.78, 5) is 0. The van der Waals surface area contributed by atoms with Crippen molar-refractivity contribution in [1.29, 1.82) is 0 Å². The molecule has 2 radical (unpaired) electrons. The smallest absolute Gasteiger partial charge is 0.0871 e.